The number of hydrogen-bond acceptors (Lipinski definition) is 6. The van der Waals surface area contributed by atoms with Gasteiger partial charge in [-0.05, 0) is 53.4 Å². The van der Waals surface area contributed by atoms with Crippen molar-refractivity contribution in [2.45, 2.75) is 16.6 Å². The van der Waals surface area contributed by atoms with Crippen molar-refractivity contribution in [1.29, 1.82) is 0 Å². The standard InChI is InChI=1S/C22H23NO5S2/c1-27-17-7-5-16(6-8-17)14-22(24)23-15-21(20-4-3-13-29-20)30(25,26)19-11-9-18(28-2)10-12-19/h3-13,21H,14-15H2,1-2H3,(H,23,24). The van der Waals surface area contributed by atoms with Gasteiger partial charge < -0.3 is 14.8 Å². The number of benzene rings is 2. The highest BCUT2D eigenvalue weighted by atomic mass is 32.2. The summed E-state index contributed by atoms with van der Waals surface area (Å²) in [5.41, 5.74) is 0.819. The van der Waals surface area contributed by atoms with Gasteiger partial charge in [0.05, 0.1) is 25.5 Å². The summed E-state index contributed by atoms with van der Waals surface area (Å²) in [5, 5.41) is 3.73. The van der Waals surface area contributed by atoms with Crippen LogP contribution < -0.4 is 14.8 Å². The number of amides is 1. The number of hydrogen-bond donors (Lipinski definition) is 1. The van der Waals surface area contributed by atoms with Crippen LogP contribution in [0.4, 0.5) is 0 Å². The third-order valence-electron chi connectivity index (χ3n) is 4.63. The summed E-state index contributed by atoms with van der Waals surface area (Å²) in [6.45, 7) is -0.0101. The van der Waals surface area contributed by atoms with Gasteiger partial charge in [-0.3, -0.25) is 4.79 Å². The van der Waals surface area contributed by atoms with Crippen LogP contribution in [0.2, 0.25) is 0 Å². The molecule has 1 atom stereocenters. The summed E-state index contributed by atoms with van der Waals surface area (Å²) in [4.78, 5) is 13.3. The Morgan fingerprint density at radius 2 is 1.57 bits per heavy atom. The van der Waals surface area contributed by atoms with Crippen LogP contribution in [0.5, 0.6) is 11.5 Å². The molecule has 0 saturated carbocycles. The maximum atomic E-state index is 13.3. The lowest BCUT2D eigenvalue weighted by atomic mass is 10.1. The molecule has 30 heavy (non-hydrogen) atoms. The molecule has 1 N–H and O–H groups in total. The maximum absolute atomic E-state index is 13.3. The smallest absolute Gasteiger partial charge is 0.224 e. The average molecular weight is 446 g/mol. The minimum Gasteiger partial charge on any atom is -0.497 e. The molecule has 6 nitrogen and oxygen atoms in total. The molecule has 0 radical (unpaired) electrons. The van der Waals surface area contributed by atoms with Crippen molar-refractivity contribution in [3.8, 4) is 11.5 Å². The molecular formula is C22H23NO5S2. The van der Waals surface area contributed by atoms with Crippen molar-refractivity contribution < 1.29 is 22.7 Å². The summed E-state index contributed by atoms with van der Waals surface area (Å²) in [6, 6.07) is 17.0. The maximum Gasteiger partial charge on any atom is 0.224 e. The van der Waals surface area contributed by atoms with Crippen LogP contribution in [0.3, 0.4) is 0 Å². The van der Waals surface area contributed by atoms with Crippen LogP contribution in [0, 0.1) is 0 Å². The first kappa shape index (κ1) is 21.9. The number of carbonyl (C=O) groups is 1. The van der Waals surface area contributed by atoms with E-state index in [2.05, 4.69) is 5.32 Å². The predicted octanol–water partition coefficient (Wildman–Crippen LogP) is 3.64. The molecule has 0 aliphatic carbocycles. The van der Waals surface area contributed by atoms with Gasteiger partial charge in [-0.2, -0.15) is 0 Å². The number of sulfone groups is 1. The fourth-order valence-electron chi connectivity index (χ4n) is 2.97. The van der Waals surface area contributed by atoms with Gasteiger partial charge >= 0.3 is 0 Å². The Labute approximate surface area is 180 Å². The van der Waals surface area contributed by atoms with E-state index in [4.69, 9.17) is 9.47 Å². The van der Waals surface area contributed by atoms with Crippen LogP contribution in [0.1, 0.15) is 15.7 Å². The molecule has 1 amide bonds. The normalized spacial score (nSPS) is 12.2. The fourth-order valence-corrected chi connectivity index (χ4v) is 5.75. The highest BCUT2D eigenvalue weighted by molar-refractivity contribution is 7.91. The van der Waals surface area contributed by atoms with E-state index in [1.165, 1.54) is 30.6 Å². The minimum atomic E-state index is -3.70. The summed E-state index contributed by atoms with van der Waals surface area (Å²) < 4.78 is 36.8. The Morgan fingerprint density at radius 3 is 2.10 bits per heavy atom. The molecule has 8 heteroatoms. The molecule has 1 heterocycles. The van der Waals surface area contributed by atoms with Gasteiger partial charge in [0.25, 0.3) is 0 Å². The van der Waals surface area contributed by atoms with E-state index in [1.807, 2.05) is 17.5 Å². The van der Waals surface area contributed by atoms with E-state index in [9.17, 15) is 13.2 Å². The number of methoxy groups -OCH3 is 2. The highest BCUT2D eigenvalue weighted by Crippen LogP contribution is 2.32. The molecule has 0 bridgehead atoms. The molecule has 0 spiro atoms. The summed E-state index contributed by atoms with van der Waals surface area (Å²) in [7, 11) is -0.600. The summed E-state index contributed by atoms with van der Waals surface area (Å²) in [5.74, 6) is 1.04. The van der Waals surface area contributed by atoms with Crippen molar-refractivity contribution in [2.75, 3.05) is 20.8 Å². The van der Waals surface area contributed by atoms with Crippen LogP contribution in [-0.4, -0.2) is 35.1 Å². The van der Waals surface area contributed by atoms with Gasteiger partial charge in [0.2, 0.25) is 5.91 Å². The second-order valence-electron chi connectivity index (χ2n) is 6.55. The molecule has 0 saturated heterocycles. The van der Waals surface area contributed by atoms with E-state index in [1.54, 1.807) is 43.5 Å². The van der Waals surface area contributed by atoms with Gasteiger partial charge in [0.1, 0.15) is 16.7 Å². The second-order valence-corrected chi connectivity index (χ2v) is 9.66. The monoisotopic (exact) mass is 445 g/mol. The van der Waals surface area contributed by atoms with Crippen LogP contribution in [0.15, 0.2) is 70.9 Å². The van der Waals surface area contributed by atoms with Gasteiger partial charge in [0.15, 0.2) is 9.84 Å². The van der Waals surface area contributed by atoms with E-state index in [-0.39, 0.29) is 23.8 Å². The zero-order chi connectivity index (χ0) is 21.6. The van der Waals surface area contributed by atoms with Crippen molar-refractivity contribution in [3.63, 3.8) is 0 Å². The van der Waals surface area contributed by atoms with Gasteiger partial charge in [-0.1, -0.05) is 18.2 Å². The lowest BCUT2D eigenvalue weighted by Gasteiger charge is -2.18. The first-order chi connectivity index (χ1) is 14.4. The first-order valence-electron chi connectivity index (χ1n) is 9.25. The molecule has 3 aromatic rings. The lowest BCUT2D eigenvalue weighted by molar-refractivity contribution is -0.120. The minimum absolute atomic E-state index is 0.0101. The molecule has 0 fully saturated rings. The third kappa shape index (κ3) is 5.20. The fraction of sp³-hybridized carbons (Fsp3) is 0.227. The Morgan fingerprint density at radius 1 is 0.967 bits per heavy atom. The van der Waals surface area contributed by atoms with Crippen LogP contribution in [-0.2, 0) is 21.1 Å². The van der Waals surface area contributed by atoms with Crippen LogP contribution >= 0.6 is 11.3 Å². The Kier molecular flexibility index (Phi) is 7.12. The second kappa shape index (κ2) is 9.77. The molecule has 1 aromatic heterocycles. The molecule has 3 rings (SSSR count). The Hall–Kier alpha value is -2.84. The zero-order valence-electron chi connectivity index (χ0n) is 16.7. The number of nitrogens with one attached hydrogen (secondary N) is 1. The van der Waals surface area contributed by atoms with Crippen molar-refractivity contribution in [2.24, 2.45) is 0 Å². The largest absolute Gasteiger partial charge is 0.497 e. The van der Waals surface area contributed by atoms with Crippen LogP contribution in [0.25, 0.3) is 0 Å². The van der Waals surface area contributed by atoms with Gasteiger partial charge in [0, 0.05) is 11.4 Å². The number of rotatable bonds is 9. The lowest BCUT2D eigenvalue weighted by Crippen LogP contribution is -2.32. The number of thiophene rings is 1. The van der Waals surface area contributed by atoms with E-state index in [0.29, 0.717) is 16.4 Å². The molecular weight excluding hydrogens is 422 g/mol. The zero-order valence-corrected chi connectivity index (χ0v) is 18.3. The van der Waals surface area contributed by atoms with Gasteiger partial charge in [-0.15, -0.1) is 11.3 Å². The van der Waals surface area contributed by atoms with E-state index < -0.39 is 15.1 Å². The average Bonchev–Trinajstić information content (AvgIpc) is 3.28. The summed E-state index contributed by atoms with van der Waals surface area (Å²) in [6.07, 6.45) is 0.156. The van der Waals surface area contributed by atoms with Crippen molar-refractivity contribution >= 4 is 27.1 Å². The Bertz CT molecular complexity index is 1060. The molecule has 1 unspecified atom stereocenters. The Balaban J connectivity index is 1.74. The van der Waals surface area contributed by atoms with Crippen molar-refractivity contribution in [3.05, 3.63) is 76.5 Å². The topological polar surface area (TPSA) is 81.7 Å². The quantitative estimate of drug-likeness (QED) is 0.544. The van der Waals surface area contributed by atoms with Gasteiger partial charge in [-0.25, -0.2) is 8.42 Å². The summed E-state index contributed by atoms with van der Waals surface area (Å²) >= 11 is 1.35. The first-order valence-corrected chi connectivity index (χ1v) is 11.7. The van der Waals surface area contributed by atoms with E-state index in [0.717, 1.165) is 5.56 Å². The SMILES string of the molecule is COc1ccc(CC(=O)NCC(c2cccs2)S(=O)(=O)c2ccc(OC)cc2)cc1. The molecule has 0 aliphatic heterocycles. The number of ether oxygens (including phenoxy) is 2. The molecule has 0 aliphatic rings. The molecule has 2 aromatic carbocycles. The van der Waals surface area contributed by atoms with Crippen molar-refractivity contribution in [1.82, 2.24) is 5.32 Å². The highest BCUT2D eigenvalue weighted by Gasteiger charge is 2.30. The molecule has 158 valence electrons. The number of carbonyl (C=O) groups excluding carboxylic acids is 1. The predicted molar refractivity (Wildman–Crippen MR) is 117 cm³/mol. The van der Waals surface area contributed by atoms with E-state index >= 15 is 0 Å². The third-order valence-corrected chi connectivity index (χ3v) is 7.87.